The predicted molar refractivity (Wildman–Crippen MR) is 142 cm³/mol. The van der Waals surface area contributed by atoms with Gasteiger partial charge in [-0.25, -0.2) is 4.98 Å². The lowest BCUT2D eigenvalue weighted by Gasteiger charge is -2.40. The van der Waals surface area contributed by atoms with E-state index in [9.17, 15) is 0 Å². The fourth-order valence-electron chi connectivity index (χ4n) is 4.59. The van der Waals surface area contributed by atoms with E-state index < -0.39 is 0 Å². The van der Waals surface area contributed by atoms with E-state index in [0.29, 0.717) is 12.0 Å². The molecule has 1 fully saturated rings. The van der Waals surface area contributed by atoms with Crippen molar-refractivity contribution in [1.29, 1.82) is 0 Å². The quantitative estimate of drug-likeness (QED) is 0.303. The Balaban J connectivity index is 0.00000363. The number of aliphatic imine (C=N–C) groups is 1. The standard InChI is InChI=1S/C24H38N6O.HI/c1-6-28(7-2)22(20-9-8-10-21(15-20)31-5)16-27-24(25-4)29-13-11-19(3)23(17-29)30-14-12-26-18-30;/h8-10,12,14-15,18-19,22-23H,6-7,11,13,16-17H2,1-5H3,(H,25,27);1H. The normalized spacial score (nSPS) is 20.1. The van der Waals surface area contributed by atoms with Gasteiger partial charge in [0.1, 0.15) is 5.75 Å². The average molecular weight is 555 g/mol. The third-order valence-electron chi connectivity index (χ3n) is 6.52. The maximum absolute atomic E-state index is 5.47. The Labute approximate surface area is 210 Å². The first-order valence-corrected chi connectivity index (χ1v) is 11.4. The minimum absolute atomic E-state index is 0. The second kappa shape index (κ2) is 13.0. The van der Waals surface area contributed by atoms with Crippen molar-refractivity contribution in [3.63, 3.8) is 0 Å². The smallest absolute Gasteiger partial charge is 0.193 e. The maximum atomic E-state index is 5.47. The molecule has 1 aromatic heterocycles. The Morgan fingerprint density at radius 1 is 1.34 bits per heavy atom. The van der Waals surface area contributed by atoms with E-state index in [2.05, 4.69) is 74.8 Å². The van der Waals surface area contributed by atoms with E-state index in [1.165, 1.54) is 5.56 Å². The minimum atomic E-state index is 0. The van der Waals surface area contributed by atoms with E-state index in [-0.39, 0.29) is 30.0 Å². The third kappa shape index (κ3) is 6.37. The van der Waals surface area contributed by atoms with Crippen molar-refractivity contribution < 1.29 is 4.74 Å². The lowest BCUT2D eigenvalue weighted by atomic mass is 9.93. The second-order valence-corrected chi connectivity index (χ2v) is 8.23. The molecule has 1 aromatic carbocycles. The van der Waals surface area contributed by atoms with Gasteiger partial charge in [-0.1, -0.05) is 32.9 Å². The van der Waals surface area contributed by atoms with E-state index in [0.717, 1.165) is 50.9 Å². The molecule has 0 aliphatic carbocycles. The van der Waals surface area contributed by atoms with Crippen LogP contribution in [0.2, 0.25) is 0 Å². The number of hydrogen-bond donors (Lipinski definition) is 1. The molecule has 1 aliphatic heterocycles. The average Bonchev–Trinajstić information content (AvgIpc) is 3.34. The summed E-state index contributed by atoms with van der Waals surface area (Å²) in [5, 5.41) is 3.67. The summed E-state index contributed by atoms with van der Waals surface area (Å²) in [6.45, 7) is 11.5. The molecule has 1 N–H and O–H groups in total. The van der Waals surface area contributed by atoms with Crippen molar-refractivity contribution in [1.82, 2.24) is 24.7 Å². The summed E-state index contributed by atoms with van der Waals surface area (Å²) in [4.78, 5) is 13.7. The zero-order valence-corrected chi connectivity index (χ0v) is 22.4. The molecule has 32 heavy (non-hydrogen) atoms. The number of halogens is 1. The number of methoxy groups -OCH3 is 1. The summed E-state index contributed by atoms with van der Waals surface area (Å²) in [6.07, 6.45) is 7.00. The van der Waals surface area contributed by atoms with Gasteiger partial charge in [0.25, 0.3) is 0 Å². The molecule has 0 amide bonds. The number of nitrogens with one attached hydrogen (secondary N) is 1. The number of aromatic nitrogens is 2. The highest BCUT2D eigenvalue weighted by Gasteiger charge is 2.29. The van der Waals surface area contributed by atoms with Gasteiger partial charge in [0.15, 0.2) is 5.96 Å². The number of imidazole rings is 1. The number of hydrogen-bond acceptors (Lipinski definition) is 4. The molecule has 3 atom stereocenters. The molecular formula is C24H39IN6O. The van der Waals surface area contributed by atoms with Gasteiger partial charge in [-0.15, -0.1) is 24.0 Å². The molecule has 0 saturated carbocycles. The fraction of sp³-hybridized carbons (Fsp3) is 0.583. The first-order valence-electron chi connectivity index (χ1n) is 11.4. The topological polar surface area (TPSA) is 57.9 Å². The van der Waals surface area contributed by atoms with Gasteiger partial charge in [-0.3, -0.25) is 9.89 Å². The van der Waals surface area contributed by atoms with Crippen molar-refractivity contribution in [3.8, 4) is 5.75 Å². The van der Waals surface area contributed by atoms with Crippen LogP contribution in [-0.4, -0.2) is 72.2 Å². The second-order valence-electron chi connectivity index (χ2n) is 8.23. The molecule has 0 spiro atoms. The van der Waals surface area contributed by atoms with Crippen molar-refractivity contribution in [2.45, 2.75) is 39.3 Å². The lowest BCUT2D eigenvalue weighted by molar-refractivity contribution is 0.184. The van der Waals surface area contributed by atoms with E-state index in [4.69, 9.17) is 4.74 Å². The molecule has 1 saturated heterocycles. The number of likely N-dealkylation sites (tertiary alicyclic amines) is 1. The van der Waals surface area contributed by atoms with Crippen molar-refractivity contribution in [3.05, 3.63) is 48.5 Å². The van der Waals surface area contributed by atoms with Crippen molar-refractivity contribution in [2.24, 2.45) is 10.9 Å². The molecule has 2 aromatic rings. The number of rotatable bonds is 8. The number of likely N-dealkylation sites (N-methyl/N-ethyl adjacent to an activating group) is 1. The number of guanidine groups is 1. The highest BCUT2D eigenvalue weighted by atomic mass is 127. The minimum Gasteiger partial charge on any atom is -0.497 e. The van der Waals surface area contributed by atoms with Gasteiger partial charge in [-0.05, 0) is 43.1 Å². The highest BCUT2D eigenvalue weighted by molar-refractivity contribution is 14.0. The van der Waals surface area contributed by atoms with Crippen LogP contribution in [-0.2, 0) is 0 Å². The van der Waals surface area contributed by atoms with E-state index in [1.807, 2.05) is 25.6 Å². The Hall–Kier alpha value is -1.81. The summed E-state index contributed by atoms with van der Waals surface area (Å²) in [5.74, 6) is 2.48. The largest absolute Gasteiger partial charge is 0.497 e. The summed E-state index contributed by atoms with van der Waals surface area (Å²) in [5.41, 5.74) is 1.26. The molecule has 0 bridgehead atoms. The molecular weight excluding hydrogens is 515 g/mol. The number of ether oxygens (including phenoxy) is 1. The molecule has 178 valence electrons. The summed E-state index contributed by atoms with van der Waals surface area (Å²) in [6, 6.07) is 9.06. The Kier molecular flexibility index (Phi) is 10.8. The number of piperidine rings is 1. The van der Waals surface area contributed by atoms with Crippen LogP contribution in [0.3, 0.4) is 0 Å². The van der Waals surface area contributed by atoms with Gasteiger partial charge in [0, 0.05) is 39.1 Å². The summed E-state index contributed by atoms with van der Waals surface area (Å²) >= 11 is 0. The maximum Gasteiger partial charge on any atom is 0.193 e. The van der Waals surface area contributed by atoms with Crippen LogP contribution >= 0.6 is 24.0 Å². The molecule has 3 unspecified atom stereocenters. The molecule has 3 rings (SSSR count). The Morgan fingerprint density at radius 2 is 2.12 bits per heavy atom. The van der Waals surface area contributed by atoms with Gasteiger partial charge < -0.3 is 19.5 Å². The number of nitrogens with zero attached hydrogens (tertiary/aromatic N) is 5. The zero-order valence-electron chi connectivity index (χ0n) is 20.1. The van der Waals surface area contributed by atoms with Crippen LogP contribution in [0.1, 0.15) is 44.8 Å². The molecule has 1 aliphatic rings. The molecule has 0 radical (unpaired) electrons. The SMILES string of the molecule is CCN(CC)C(CNC(=NC)N1CCC(C)C(n2ccnc2)C1)c1cccc(OC)c1.I. The predicted octanol–water partition coefficient (Wildman–Crippen LogP) is 4.05. The molecule has 7 nitrogen and oxygen atoms in total. The summed E-state index contributed by atoms with van der Waals surface area (Å²) < 4.78 is 7.71. The molecule has 8 heteroatoms. The van der Waals surface area contributed by atoms with Crippen LogP contribution in [0.5, 0.6) is 5.75 Å². The zero-order chi connectivity index (χ0) is 22.2. The Bertz CT molecular complexity index is 824. The van der Waals surface area contributed by atoms with Crippen LogP contribution in [0.15, 0.2) is 48.0 Å². The van der Waals surface area contributed by atoms with Gasteiger partial charge >= 0.3 is 0 Å². The van der Waals surface area contributed by atoms with Crippen LogP contribution in [0, 0.1) is 5.92 Å². The summed E-state index contributed by atoms with van der Waals surface area (Å²) in [7, 11) is 3.60. The van der Waals surface area contributed by atoms with Gasteiger partial charge in [0.05, 0.1) is 25.5 Å². The van der Waals surface area contributed by atoms with E-state index >= 15 is 0 Å². The van der Waals surface area contributed by atoms with Crippen LogP contribution in [0.25, 0.3) is 0 Å². The fourth-order valence-corrected chi connectivity index (χ4v) is 4.59. The van der Waals surface area contributed by atoms with Gasteiger partial charge in [-0.2, -0.15) is 0 Å². The monoisotopic (exact) mass is 554 g/mol. The third-order valence-corrected chi connectivity index (χ3v) is 6.52. The van der Waals surface area contributed by atoms with Gasteiger partial charge in [0.2, 0.25) is 0 Å². The Morgan fingerprint density at radius 3 is 2.75 bits per heavy atom. The van der Waals surface area contributed by atoms with Crippen molar-refractivity contribution >= 4 is 29.9 Å². The first kappa shape index (κ1) is 26.4. The lowest BCUT2D eigenvalue weighted by Crippen LogP contribution is -2.50. The van der Waals surface area contributed by atoms with Crippen LogP contribution in [0.4, 0.5) is 0 Å². The highest BCUT2D eigenvalue weighted by Crippen LogP contribution is 2.28. The van der Waals surface area contributed by atoms with E-state index in [1.54, 1.807) is 7.11 Å². The molecule has 2 heterocycles. The first-order chi connectivity index (χ1) is 15.1. The van der Waals surface area contributed by atoms with Crippen LogP contribution < -0.4 is 10.1 Å². The van der Waals surface area contributed by atoms with Crippen molar-refractivity contribution in [2.75, 3.05) is 46.9 Å². The number of benzene rings is 1.